The summed E-state index contributed by atoms with van der Waals surface area (Å²) >= 11 is 5.93. The lowest BCUT2D eigenvalue weighted by Crippen LogP contribution is -2.31. The molecule has 3 amide bonds. The van der Waals surface area contributed by atoms with Crippen LogP contribution in [0.5, 0.6) is 0 Å². The summed E-state index contributed by atoms with van der Waals surface area (Å²) in [7, 11) is 1.56. The number of rotatable bonds is 2. The zero-order valence-corrected chi connectivity index (χ0v) is 9.94. The Kier molecular flexibility index (Phi) is 2.89. The Balaban J connectivity index is 2.24. The number of pyridine rings is 1. The summed E-state index contributed by atoms with van der Waals surface area (Å²) in [5.41, 5.74) is 5.95. The third-order valence-electron chi connectivity index (χ3n) is 2.48. The Bertz CT molecular complexity index is 491. The number of urea groups is 1. The first-order valence-electron chi connectivity index (χ1n) is 4.95. The summed E-state index contributed by atoms with van der Waals surface area (Å²) in [6, 6.07) is 2.80. The Morgan fingerprint density at radius 1 is 1.47 bits per heavy atom. The molecule has 7 heteroatoms. The number of amides is 3. The molecule has 0 bridgehead atoms. The van der Waals surface area contributed by atoms with Crippen LogP contribution in [0.25, 0.3) is 0 Å². The van der Waals surface area contributed by atoms with Crippen LogP contribution in [0.1, 0.15) is 5.69 Å². The van der Waals surface area contributed by atoms with Gasteiger partial charge in [-0.3, -0.25) is 9.69 Å². The van der Waals surface area contributed by atoms with Crippen LogP contribution in [0.15, 0.2) is 12.1 Å². The monoisotopic (exact) mass is 254 g/mol. The molecule has 1 saturated heterocycles. The zero-order chi connectivity index (χ0) is 12.6. The molecule has 17 heavy (non-hydrogen) atoms. The lowest BCUT2D eigenvalue weighted by atomic mass is 10.3. The summed E-state index contributed by atoms with van der Waals surface area (Å²) in [5.74, 6) is 0.0367. The third kappa shape index (κ3) is 2.16. The summed E-state index contributed by atoms with van der Waals surface area (Å²) < 4.78 is 0. The van der Waals surface area contributed by atoms with Crippen LogP contribution in [-0.4, -0.2) is 40.3 Å². The summed E-state index contributed by atoms with van der Waals surface area (Å²) in [6.07, 6.45) is 0. The molecule has 90 valence electrons. The molecule has 1 fully saturated rings. The first kappa shape index (κ1) is 11.7. The van der Waals surface area contributed by atoms with E-state index in [-0.39, 0.29) is 25.0 Å². The zero-order valence-electron chi connectivity index (χ0n) is 9.18. The minimum Gasteiger partial charge on any atom is -0.384 e. The molecule has 2 rings (SSSR count). The van der Waals surface area contributed by atoms with Crippen molar-refractivity contribution in [1.29, 1.82) is 0 Å². The molecule has 1 aliphatic rings. The number of nitrogens with two attached hydrogens (primary N) is 1. The Labute approximate surface area is 103 Å². The molecule has 6 nitrogen and oxygen atoms in total. The molecule has 1 aliphatic heterocycles. The van der Waals surface area contributed by atoms with E-state index in [0.717, 1.165) is 4.90 Å². The van der Waals surface area contributed by atoms with E-state index in [4.69, 9.17) is 17.3 Å². The quantitative estimate of drug-likeness (QED) is 0.789. The average molecular weight is 255 g/mol. The van der Waals surface area contributed by atoms with E-state index in [1.165, 1.54) is 4.90 Å². The van der Waals surface area contributed by atoms with Gasteiger partial charge in [-0.1, -0.05) is 11.6 Å². The lowest BCUT2D eigenvalue weighted by molar-refractivity contribution is -0.125. The molecule has 0 aliphatic carbocycles. The predicted octanol–water partition coefficient (Wildman–Crippen LogP) is 0.711. The van der Waals surface area contributed by atoms with Crippen LogP contribution in [0.4, 0.5) is 10.6 Å². The number of anilines is 1. The highest BCUT2D eigenvalue weighted by Gasteiger charge is 2.34. The van der Waals surface area contributed by atoms with Gasteiger partial charge in [-0.05, 0) is 12.1 Å². The minimum atomic E-state index is -0.352. The molecule has 2 N–H and O–H groups in total. The van der Waals surface area contributed by atoms with Crippen LogP contribution in [0.2, 0.25) is 5.02 Å². The second-order valence-electron chi connectivity index (χ2n) is 3.78. The number of nitrogen functional groups attached to an aromatic ring is 1. The Morgan fingerprint density at radius 2 is 2.18 bits per heavy atom. The molecule has 0 aromatic carbocycles. The van der Waals surface area contributed by atoms with E-state index in [1.807, 2.05) is 0 Å². The van der Waals surface area contributed by atoms with Crippen molar-refractivity contribution < 1.29 is 9.59 Å². The summed E-state index contributed by atoms with van der Waals surface area (Å²) in [6.45, 7) is 0.130. The van der Waals surface area contributed by atoms with Crippen LogP contribution < -0.4 is 5.73 Å². The minimum absolute atomic E-state index is 0.0475. The normalized spacial score (nSPS) is 15.9. The topological polar surface area (TPSA) is 79.5 Å². The number of nitrogens with zero attached hydrogens (tertiary/aromatic N) is 3. The molecule has 0 atom stereocenters. The van der Waals surface area contributed by atoms with E-state index < -0.39 is 0 Å². The van der Waals surface area contributed by atoms with Crippen molar-refractivity contribution in [2.75, 3.05) is 19.3 Å². The first-order chi connectivity index (χ1) is 7.99. The second-order valence-corrected chi connectivity index (χ2v) is 4.19. The van der Waals surface area contributed by atoms with Gasteiger partial charge >= 0.3 is 6.03 Å². The summed E-state index contributed by atoms with van der Waals surface area (Å²) in [4.78, 5) is 29.7. The van der Waals surface area contributed by atoms with E-state index in [9.17, 15) is 9.59 Å². The third-order valence-corrected chi connectivity index (χ3v) is 2.82. The first-order valence-corrected chi connectivity index (χ1v) is 5.33. The van der Waals surface area contributed by atoms with Crippen molar-refractivity contribution in [3.05, 3.63) is 22.8 Å². The largest absolute Gasteiger partial charge is 0.384 e. The maximum atomic E-state index is 11.6. The number of likely N-dealkylation sites (N-methyl/N-ethyl adjacent to an activating group) is 1. The van der Waals surface area contributed by atoms with Crippen molar-refractivity contribution in [1.82, 2.24) is 14.8 Å². The van der Waals surface area contributed by atoms with Gasteiger partial charge in [-0.2, -0.15) is 0 Å². The SMILES string of the molecule is CN1CC(=O)N(Cc2nc(N)ccc2Cl)C1=O. The van der Waals surface area contributed by atoms with Crippen molar-refractivity contribution in [2.24, 2.45) is 0 Å². The van der Waals surface area contributed by atoms with Crippen LogP contribution in [-0.2, 0) is 11.3 Å². The van der Waals surface area contributed by atoms with E-state index in [1.54, 1.807) is 19.2 Å². The smallest absolute Gasteiger partial charge is 0.327 e. The highest BCUT2D eigenvalue weighted by Crippen LogP contribution is 2.19. The van der Waals surface area contributed by atoms with Crippen molar-refractivity contribution >= 4 is 29.4 Å². The fourth-order valence-corrected chi connectivity index (χ4v) is 1.75. The molecule has 0 saturated carbocycles. The number of hydrogen-bond acceptors (Lipinski definition) is 4. The van der Waals surface area contributed by atoms with E-state index in [2.05, 4.69) is 4.98 Å². The van der Waals surface area contributed by atoms with Crippen LogP contribution in [0.3, 0.4) is 0 Å². The number of carbonyl (C=O) groups is 2. The van der Waals surface area contributed by atoms with Crippen LogP contribution >= 0.6 is 11.6 Å². The van der Waals surface area contributed by atoms with Crippen molar-refractivity contribution in [3.63, 3.8) is 0 Å². The molecule has 0 radical (unpaired) electrons. The molecular weight excluding hydrogens is 244 g/mol. The van der Waals surface area contributed by atoms with Gasteiger partial charge in [-0.25, -0.2) is 9.78 Å². The lowest BCUT2D eigenvalue weighted by Gasteiger charge is -2.14. The van der Waals surface area contributed by atoms with Crippen molar-refractivity contribution in [2.45, 2.75) is 6.54 Å². The van der Waals surface area contributed by atoms with Gasteiger partial charge in [0.1, 0.15) is 12.4 Å². The highest BCUT2D eigenvalue weighted by molar-refractivity contribution is 6.31. The van der Waals surface area contributed by atoms with Gasteiger partial charge in [-0.15, -0.1) is 0 Å². The standard InChI is InChI=1S/C10H11ClN4O2/c1-14-5-9(16)15(10(14)17)4-7-6(11)2-3-8(12)13-7/h2-3H,4-5H2,1H3,(H2,12,13). The van der Waals surface area contributed by atoms with E-state index >= 15 is 0 Å². The maximum absolute atomic E-state index is 11.6. The number of halogens is 1. The van der Waals surface area contributed by atoms with Gasteiger partial charge in [0.05, 0.1) is 17.3 Å². The fraction of sp³-hybridized carbons (Fsp3) is 0.300. The van der Waals surface area contributed by atoms with E-state index in [0.29, 0.717) is 16.5 Å². The molecule has 1 aromatic rings. The second kappa shape index (κ2) is 4.21. The predicted molar refractivity (Wildman–Crippen MR) is 62.2 cm³/mol. The highest BCUT2D eigenvalue weighted by atomic mass is 35.5. The van der Waals surface area contributed by atoms with Gasteiger partial charge in [0.25, 0.3) is 5.91 Å². The van der Waals surface area contributed by atoms with Gasteiger partial charge in [0.15, 0.2) is 0 Å². The Hall–Kier alpha value is -1.82. The van der Waals surface area contributed by atoms with Gasteiger partial charge < -0.3 is 10.6 Å². The van der Waals surface area contributed by atoms with Gasteiger partial charge in [0, 0.05) is 7.05 Å². The van der Waals surface area contributed by atoms with Crippen LogP contribution in [0, 0.1) is 0 Å². The number of carbonyl (C=O) groups excluding carboxylic acids is 2. The molecular formula is C10H11ClN4O2. The number of aromatic nitrogens is 1. The number of hydrogen-bond donors (Lipinski definition) is 1. The molecule has 0 unspecified atom stereocenters. The van der Waals surface area contributed by atoms with Gasteiger partial charge in [0.2, 0.25) is 0 Å². The number of imide groups is 1. The summed E-state index contributed by atoms with van der Waals surface area (Å²) in [5, 5.41) is 0.384. The molecule has 0 spiro atoms. The maximum Gasteiger partial charge on any atom is 0.327 e. The molecule has 2 heterocycles. The fourth-order valence-electron chi connectivity index (χ4n) is 1.59. The average Bonchev–Trinajstić information content (AvgIpc) is 2.50. The molecule has 1 aromatic heterocycles. The van der Waals surface area contributed by atoms with Crippen molar-refractivity contribution in [3.8, 4) is 0 Å². The Morgan fingerprint density at radius 3 is 2.76 bits per heavy atom.